The second kappa shape index (κ2) is 7.44. The van der Waals surface area contributed by atoms with Crippen LogP contribution in [0.1, 0.15) is 17.5 Å². The van der Waals surface area contributed by atoms with E-state index in [1.54, 1.807) is 6.07 Å². The number of nitrogens with zero attached hydrogens (tertiary/aromatic N) is 3. The molecule has 0 spiro atoms. The first-order valence-corrected chi connectivity index (χ1v) is 8.72. The third kappa shape index (κ3) is 3.67. The minimum Gasteiger partial charge on any atom is -0.363 e. The standard InChI is InChI=1S/C19H19Cl2N3/c1-23-9-8-17(13-23)24(12-15-4-2-3-5-18(15)20)16-7-6-14(11-22)19(21)10-16/h2-7,10,17H,8-9,12-13H2,1H3/t17-/m0/s1. The zero-order valence-electron chi connectivity index (χ0n) is 13.5. The Bertz CT molecular complexity index is 769. The fourth-order valence-electron chi connectivity index (χ4n) is 3.18. The summed E-state index contributed by atoms with van der Waals surface area (Å²) in [5.74, 6) is 0. The fraction of sp³-hybridized carbons (Fsp3) is 0.316. The van der Waals surface area contributed by atoms with Gasteiger partial charge in [0.15, 0.2) is 0 Å². The second-order valence-corrected chi connectivity index (χ2v) is 7.01. The van der Waals surface area contributed by atoms with Gasteiger partial charge in [-0.15, -0.1) is 0 Å². The van der Waals surface area contributed by atoms with Crippen LogP contribution in [0.4, 0.5) is 5.69 Å². The van der Waals surface area contributed by atoms with Gasteiger partial charge in [-0.25, -0.2) is 0 Å². The molecule has 1 aliphatic rings. The summed E-state index contributed by atoms with van der Waals surface area (Å²) in [4.78, 5) is 4.67. The van der Waals surface area contributed by atoms with Crippen LogP contribution in [-0.2, 0) is 6.54 Å². The molecule has 124 valence electrons. The van der Waals surface area contributed by atoms with Gasteiger partial charge in [0.2, 0.25) is 0 Å². The zero-order chi connectivity index (χ0) is 17.1. The van der Waals surface area contributed by atoms with Crippen molar-refractivity contribution >= 4 is 28.9 Å². The van der Waals surface area contributed by atoms with Gasteiger partial charge in [0.25, 0.3) is 0 Å². The highest BCUT2D eigenvalue weighted by Gasteiger charge is 2.27. The Morgan fingerprint density at radius 3 is 2.62 bits per heavy atom. The van der Waals surface area contributed by atoms with E-state index >= 15 is 0 Å². The van der Waals surface area contributed by atoms with E-state index in [9.17, 15) is 0 Å². The number of halogens is 2. The topological polar surface area (TPSA) is 30.3 Å². The monoisotopic (exact) mass is 359 g/mol. The predicted octanol–water partition coefficient (Wildman–Crippen LogP) is 4.58. The highest BCUT2D eigenvalue weighted by Crippen LogP contribution is 2.30. The zero-order valence-corrected chi connectivity index (χ0v) is 15.1. The Morgan fingerprint density at radius 2 is 2.00 bits per heavy atom. The fourth-order valence-corrected chi connectivity index (χ4v) is 3.59. The summed E-state index contributed by atoms with van der Waals surface area (Å²) >= 11 is 12.6. The van der Waals surface area contributed by atoms with E-state index in [1.807, 2.05) is 30.3 Å². The second-order valence-electron chi connectivity index (χ2n) is 6.20. The minimum atomic E-state index is 0.398. The number of hydrogen-bond acceptors (Lipinski definition) is 3. The van der Waals surface area contributed by atoms with Crippen molar-refractivity contribution in [3.8, 4) is 6.07 Å². The Labute approximate surface area is 153 Å². The Morgan fingerprint density at radius 1 is 1.21 bits per heavy atom. The van der Waals surface area contributed by atoms with E-state index < -0.39 is 0 Å². The van der Waals surface area contributed by atoms with Crippen LogP contribution in [0, 0.1) is 11.3 Å². The lowest BCUT2D eigenvalue weighted by atomic mass is 10.1. The van der Waals surface area contributed by atoms with E-state index in [0.717, 1.165) is 42.3 Å². The molecule has 0 amide bonds. The van der Waals surface area contributed by atoms with Gasteiger partial charge in [0, 0.05) is 29.8 Å². The minimum absolute atomic E-state index is 0.398. The lowest BCUT2D eigenvalue weighted by Crippen LogP contribution is -2.36. The normalized spacial score (nSPS) is 17.7. The Balaban J connectivity index is 1.95. The maximum atomic E-state index is 9.09. The average molecular weight is 360 g/mol. The predicted molar refractivity (Wildman–Crippen MR) is 99.7 cm³/mol. The highest BCUT2D eigenvalue weighted by molar-refractivity contribution is 6.32. The number of anilines is 1. The SMILES string of the molecule is CN1CC[C@H](N(Cc2ccccc2Cl)c2ccc(C#N)c(Cl)c2)C1. The molecule has 3 rings (SSSR count). The number of benzene rings is 2. The van der Waals surface area contributed by atoms with Gasteiger partial charge in [-0.05, 0) is 49.8 Å². The van der Waals surface area contributed by atoms with Crippen LogP contribution >= 0.6 is 23.2 Å². The molecule has 0 saturated carbocycles. The molecule has 2 aromatic rings. The van der Waals surface area contributed by atoms with Crippen molar-refractivity contribution < 1.29 is 0 Å². The molecule has 3 nitrogen and oxygen atoms in total. The van der Waals surface area contributed by atoms with Crippen LogP contribution in [0.3, 0.4) is 0 Å². The third-order valence-electron chi connectivity index (χ3n) is 4.51. The van der Waals surface area contributed by atoms with Crippen molar-refractivity contribution in [3.63, 3.8) is 0 Å². The average Bonchev–Trinajstić information content (AvgIpc) is 3.00. The van der Waals surface area contributed by atoms with Crippen LogP contribution < -0.4 is 4.90 Å². The number of nitriles is 1. The van der Waals surface area contributed by atoms with Crippen molar-refractivity contribution in [2.24, 2.45) is 0 Å². The number of likely N-dealkylation sites (tertiary alicyclic amines) is 1. The third-order valence-corrected chi connectivity index (χ3v) is 5.19. The molecule has 24 heavy (non-hydrogen) atoms. The van der Waals surface area contributed by atoms with Crippen molar-refractivity contribution in [3.05, 3.63) is 63.6 Å². The first-order chi connectivity index (χ1) is 11.6. The molecule has 0 bridgehead atoms. The van der Waals surface area contributed by atoms with Crippen LogP contribution in [-0.4, -0.2) is 31.1 Å². The van der Waals surface area contributed by atoms with Crippen molar-refractivity contribution in [1.29, 1.82) is 5.26 Å². The van der Waals surface area contributed by atoms with E-state index in [0.29, 0.717) is 16.6 Å². The first-order valence-electron chi connectivity index (χ1n) is 7.96. The highest BCUT2D eigenvalue weighted by atomic mass is 35.5. The molecule has 0 aliphatic carbocycles. The molecule has 1 aliphatic heterocycles. The summed E-state index contributed by atoms with van der Waals surface area (Å²) in [5.41, 5.74) is 2.62. The Kier molecular flexibility index (Phi) is 5.30. The van der Waals surface area contributed by atoms with Gasteiger partial charge in [0.1, 0.15) is 6.07 Å². The van der Waals surface area contributed by atoms with Gasteiger partial charge in [-0.2, -0.15) is 5.26 Å². The quantitative estimate of drug-likeness (QED) is 0.800. The van der Waals surface area contributed by atoms with Crippen molar-refractivity contribution in [2.75, 3.05) is 25.0 Å². The molecule has 0 N–H and O–H groups in total. The number of hydrogen-bond donors (Lipinski definition) is 0. The summed E-state index contributed by atoms with van der Waals surface area (Å²) in [6.45, 7) is 2.80. The molecule has 1 heterocycles. The molecule has 0 aromatic heterocycles. The molecule has 1 atom stereocenters. The lowest BCUT2D eigenvalue weighted by Gasteiger charge is -2.32. The molecular formula is C19H19Cl2N3. The van der Waals surface area contributed by atoms with Gasteiger partial charge < -0.3 is 9.80 Å². The van der Waals surface area contributed by atoms with Crippen molar-refractivity contribution in [2.45, 2.75) is 19.0 Å². The van der Waals surface area contributed by atoms with Gasteiger partial charge in [-0.3, -0.25) is 0 Å². The van der Waals surface area contributed by atoms with Crippen molar-refractivity contribution in [1.82, 2.24) is 4.90 Å². The van der Waals surface area contributed by atoms with E-state index in [-0.39, 0.29) is 0 Å². The number of rotatable bonds is 4. The van der Waals surface area contributed by atoms with Crippen LogP contribution in [0.15, 0.2) is 42.5 Å². The van der Waals surface area contributed by atoms with Gasteiger partial charge in [0.05, 0.1) is 10.6 Å². The van der Waals surface area contributed by atoms with Crippen LogP contribution in [0.5, 0.6) is 0 Å². The first kappa shape index (κ1) is 17.1. The molecule has 2 aromatic carbocycles. The number of likely N-dealkylation sites (N-methyl/N-ethyl adjacent to an activating group) is 1. The molecule has 5 heteroatoms. The van der Waals surface area contributed by atoms with Gasteiger partial charge >= 0.3 is 0 Å². The molecule has 1 saturated heterocycles. The smallest absolute Gasteiger partial charge is 0.101 e. The molecule has 0 unspecified atom stereocenters. The Hall–Kier alpha value is -1.73. The van der Waals surface area contributed by atoms with E-state index in [4.69, 9.17) is 28.5 Å². The lowest BCUT2D eigenvalue weighted by molar-refractivity contribution is 0.407. The van der Waals surface area contributed by atoms with Crippen LogP contribution in [0.25, 0.3) is 0 Å². The molecule has 0 radical (unpaired) electrons. The summed E-state index contributed by atoms with van der Waals surface area (Å²) in [7, 11) is 2.14. The van der Waals surface area contributed by atoms with Gasteiger partial charge in [-0.1, -0.05) is 41.4 Å². The summed E-state index contributed by atoms with van der Waals surface area (Å²) in [6, 6.07) is 16.1. The summed E-state index contributed by atoms with van der Waals surface area (Å²) in [5, 5.41) is 10.4. The van der Waals surface area contributed by atoms with Crippen LogP contribution in [0.2, 0.25) is 10.0 Å². The van der Waals surface area contributed by atoms with E-state index in [1.165, 1.54) is 0 Å². The largest absolute Gasteiger partial charge is 0.363 e. The summed E-state index contributed by atoms with van der Waals surface area (Å²) in [6.07, 6.45) is 1.10. The molecule has 1 fully saturated rings. The maximum absolute atomic E-state index is 9.09. The molecular weight excluding hydrogens is 341 g/mol. The maximum Gasteiger partial charge on any atom is 0.101 e. The summed E-state index contributed by atoms with van der Waals surface area (Å²) < 4.78 is 0. The van der Waals surface area contributed by atoms with E-state index in [2.05, 4.69) is 29.0 Å².